The lowest BCUT2D eigenvalue weighted by Gasteiger charge is -2.08. The Kier molecular flexibility index (Phi) is 5.83. The second-order valence-electron chi connectivity index (χ2n) is 5.70. The molecule has 3 rings (SSSR count). The zero-order valence-corrected chi connectivity index (χ0v) is 13.7. The largest absolute Gasteiger partial charge is 0.378 e. The Morgan fingerprint density at radius 1 is 1.32 bits per heavy atom. The van der Waals surface area contributed by atoms with E-state index in [0.29, 0.717) is 12.6 Å². The normalized spacial score (nSPS) is 15.0. The maximum absolute atomic E-state index is 12.3. The summed E-state index contributed by atoms with van der Waals surface area (Å²) >= 11 is 0. The Balaban J connectivity index is 0.00000176. The number of hydrogen-bond acceptors (Lipinski definition) is 3. The molecule has 1 saturated carbocycles. The minimum atomic E-state index is -0.394. The smallest absolute Gasteiger partial charge is 0.109 e. The van der Waals surface area contributed by atoms with Gasteiger partial charge in [0.2, 0.25) is 0 Å². The fraction of sp³-hybridized carbons (Fsp3) is 0.600. The molecule has 0 radical (unpaired) electrons. The molecule has 0 spiro atoms. The van der Waals surface area contributed by atoms with E-state index < -0.39 is 6.67 Å². The number of anilines is 1. The molecule has 2 heterocycles. The second kappa shape index (κ2) is 7.63. The molecule has 2 aromatic heterocycles. The zero-order chi connectivity index (χ0) is 14.7. The number of hydrogen-bond donors (Lipinski definition) is 1. The summed E-state index contributed by atoms with van der Waals surface area (Å²) < 4.78 is 16.1. The monoisotopic (exact) mass is 327 g/mol. The maximum atomic E-state index is 12.3. The maximum Gasteiger partial charge on any atom is 0.109 e. The Labute approximate surface area is 136 Å². The Morgan fingerprint density at radius 2 is 2.09 bits per heavy atom. The highest BCUT2D eigenvalue weighted by Crippen LogP contribution is 2.28. The minimum Gasteiger partial charge on any atom is -0.378 e. The van der Waals surface area contributed by atoms with Crippen LogP contribution in [0.15, 0.2) is 18.6 Å². The summed E-state index contributed by atoms with van der Waals surface area (Å²) in [5.74, 6) is 0. The summed E-state index contributed by atoms with van der Waals surface area (Å²) in [6.07, 6.45) is 11.0. The van der Waals surface area contributed by atoms with E-state index in [9.17, 15) is 4.39 Å². The lowest BCUT2D eigenvalue weighted by atomic mass is 10.2. The zero-order valence-electron chi connectivity index (χ0n) is 12.8. The van der Waals surface area contributed by atoms with Crippen molar-refractivity contribution in [1.29, 1.82) is 0 Å². The number of aromatic nitrogens is 4. The third-order valence-electron chi connectivity index (χ3n) is 4.10. The third kappa shape index (κ3) is 3.80. The van der Waals surface area contributed by atoms with Crippen molar-refractivity contribution >= 4 is 18.1 Å². The van der Waals surface area contributed by atoms with Crippen LogP contribution in [0.3, 0.4) is 0 Å². The Bertz CT molecular complexity index is 589. The van der Waals surface area contributed by atoms with Crippen LogP contribution < -0.4 is 5.32 Å². The molecule has 1 aliphatic rings. The van der Waals surface area contributed by atoms with Gasteiger partial charge in [-0.05, 0) is 19.8 Å². The van der Waals surface area contributed by atoms with Crippen LogP contribution in [0.25, 0.3) is 0 Å². The predicted octanol–water partition coefficient (Wildman–Crippen LogP) is 3.51. The van der Waals surface area contributed by atoms with Gasteiger partial charge in [-0.3, -0.25) is 9.36 Å². The molecule has 1 fully saturated rings. The van der Waals surface area contributed by atoms with Crippen LogP contribution in [0.1, 0.15) is 43.0 Å². The topological polar surface area (TPSA) is 47.7 Å². The van der Waals surface area contributed by atoms with Gasteiger partial charge in [-0.2, -0.15) is 10.2 Å². The molecule has 1 aliphatic carbocycles. The average molecular weight is 328 g/mol. The van der Waals surface area contributed by atoms with E-state index in [1.165, 1.54) is 31.2 Å². The van der Waals surface area contributed by atoms with Gasteiger partial charge in [-0.1, -0.05) is 12.8 Å². The number of rotatable bonds is 6. The van der Waals surface area contributed by atoms with Gasteiger partial charge in [0.15, 0.2) is 0 Å². The minimum absolute atomic E-state index is 0. The van der Waals surface area contributed by atoms with Gasteiger partial charge in [0.25, 0.3) is 0 Å². The van der Waals surface area contributed by atoms with E-state index >= 15 is 0 Å². The average Bonchev–Trinajstić information content (AvgIpc) is 3.17. The third-order valence-corrected chi connectivity index (χ3v) is 4.10. The number of alkyl halides is 1. The van der Waals surface area contributed by atoms with Gasteiger partial charge in [0, 0.05) is 24.5 Å². The highest BCUT2D eigenvalue weighted by Gasteiger charge is 2.17. The van der Waals surface area contributed by atoms with Crippen LogP contribution in [0.4, 0.5) is 10.1 Å². The predicted molar refractivity (Wildman–Crippen MR) is 87.2 cm³/mol. The summed E-state index contributed by atoms with van der Waals surface area (Å²) in [5.41, 5.74) is 3.02. The summed E-state index contributed by atoms with van der Waals surface area (Å²) in [7, 11) is 0. The lowest BCUT2D eigenvalue weighted by molar-refractivity contribution is 0.426. The molecule has 0 bridgehead atoms. The number of halogens is 2. The van der Waals surface area contributed by atoms with Crippen molar-refractivity contribution in [2.75, 3.05) is 12.0 Å². The number of nitrogens with one attached hydrogen (secondary N) is 1. The number of nitrogens with zero attached hydrogens (tertiary/aromatic N) is 4. The van der Waals surface area contributed by atoms with Crippen LogP contribution in [-0.2, 0) is 13.1 Å². The molecule has 0 atom stereocenters. The molecule has 1 N–H and O–H groups in total. The standard InChI is InChI=1S/C15H22FN5.ClH/c1-12-15(11-20(19-12)7-6-16)17-8-13-9-18-21(10-13)14-4-2-3-5-14;/h9-11,14,17H,2-8H2,1H3;1H. The van der Waals surface area contributed by atoms with E-state index in [-0.39, 0.29) is 12.4 Å². The van der Waals surface area contributed by atoms with E-state index in [4.69, 9.17) is 0 Å². The summed E-state index contributed by atoms with van der Waals surface area (Å²) in [6.45, 7) is 2.56. The Hall–Kier alpha value is -1.56. The van der Waals surface area contributed by atoms with Crippen molar-refractivity contribution in [1.82, 2.24) is 19.6 Å². The second-order valence-corrected chi connectivity index (χ2v) is 5.70. The van der Waals surface area contributed by atoms with Gasteiger partial charge in [-0.25, -0.2) is 4.39 Å². The van der Waals surface area contributed by atoms with Crippen LogP contribution in [0, 0.1) is 6.92 Å². The van der Waals surface area contributed by atoms with Crippen molar-refractivity contribution in [2.24, 2.45) is 0 Å². The highest BCUT2D eigenvalue weighted by atomic mass is 35.5. The summed E-state index contributed by atoms with van der Waals surface area (Å²) in [4.78, 5) is 0. The summed E-state index contributed by atoms with van der Waals surface area (Å²) in [6, 6.07) is 0.577. The molecule has 5 nitrogen and oxygen atoms in total. The van der Waals surface area contributed by atoms with E-state index in [1.807, 2.05) is 19.3 Å². The van der Waals surface area contributed by atoms with Crippen LogP contribution >= 0.6 is 12.4 Å². The van der Waals surface area contributed by atoms with E-state index in [0.717, 1.165) is 17.9 Å². The van der Waals surface area contributed by atoms with E-state index in [2.05, 4.69) is 26.4 Å². The molecule has 0 aliphatic heterocycles. The molecule has 22 heavy (non-hydrogen) atoms. The SMILES string of the molecule is Cc1nn(CCF)cc1NCc1cnn(C2CCCC2)c1.Cl. The quantitative estimate of drug-likeness (QED) is 0.883. The fourth-order valence-corrected chi connectivity index (χ4v) is 2.93. The molecule has 0 aromatic carbocycles. The van der Waals surface area contributed by atoms with E-state index in [1.54, 1.807) is 4.68 Å². The number of aryl methyl sites for hydroxylation is 2. The van der Waals surface area contributed by atoms with Crippen molar-refractivity contribution in [3.63, 3.8) is 0 Å². The molecular weight excluding hydrogens is 305 g/mol. The lowest BCUT2D eigenvalue weighted by Crippen LogP contribution is -2.04. The first kappa shape index (κ1) is 16.8. The first-order valence-corrected chi connectivity index (χ1v) is 7.63. The van der Waals surface area contributed by atoms with Gasteiger partial charge < -0.3 is 5.32 Å². The molecule has 0 unspecified atom stereocenters. The van der Waals surface area contributed by atoms with Crippen LogP contribution in [0.5, 0.6) is 0 Å². The molecule has 7 heteroatoms. The highest BCUT2D eigenvalue weighted by molar-refractivity contribution is 5.85. The van der Waals surface area contributed by atoms with Crippen molar-refractivity contribution in [3.05, 3.63) is 29.8 Å². The molecule has 0 saturated heterocycles. The first-order chi connectivity index (χ1) is 10.3. The summed E-state index contributed by atoms with van der Waals surface area (Å²) in [5, 5.41) is 12.1. The van der Waals surface area contributed by atoms with Crippen LogP contribution in [-0.4, -0.2) is 26.2 Å². The van der Waals surface area contributed by atoms with Crippen molar-refractivity contribution in [2.45, 2.75) is 51.7 Å². The molecule has 0 amide bonds. The fourth-order valence-electron chi connectivity index (χ4n) is 2.93. The molecule has 2 aromatic rings. The first-order valence-electron chi connectivity index (χ1n) is 7.63. The van der Waals surface area contributed by atoms with Gasteiger partial charge in [0.05, 0.1) is 30.2 Å². The molecular formula is C15H23ClFN5. The Morgan fingerprint density at radius 3 is 2.82 bits per heavy atom. The van der Waals surface area contributed by atoms with Crippen molar-refractivity contribution in [3.8, 4) is 0 Å². The van der Waals surface area contributed by atoms with Crippen molar-refractivity contribution < 1.29 is 4.39 Å². The van der Waals surface area contributed by atoms with Crippen LogP contribution in [0.2, 0.25) is 0 Å². The van der Waals surface area contributed by atoms with Gasteiger partial charge >= 0.3 is 0 Å². The van der Waals surface area contributed by atoms with Gasteiger partial charge in [-0.15, -0.1) is 12.4 Å². The van der Waals surface area contributed by atoms with Gasteiger partial charge in [0.1, 0.15) is 6.67 Å². The molecule has 122 valence electrons.